The van der Waals surface area contributed by atoms with Crippen molar-refractivity contribution in [3.8, 4) is 22.3 Å². The number of fused-ring (bicyclic) bond motifs is 2. The van der Waals surface area contributed by atoms with Crippen molar-refractivity contribution in [2.24, 2.45) is 0 Å². The highest BCUT2D eigenvalue weighted by atomic mass is 14.2. The van der Waals surface area contributed by atoms with E-state index >= 15 is 0 Å². The van der Waals surface area contributed by atoms with Gasteiger partial charge in [0, 0.05) is 0 Å². The maximum atomic E-state index is 4.18. The van der Waals surface area contributed by atoms with Crippen LogP contribution in [0.4, 0.5) is 0 Å². The zero-order valence-corrected chi connectivity index (χ0v) is 23.6. The number of unbranched alkanes of at least 4 members (excludes halogenated alkanes) is 2. The predicted molar refractivity (Wildman–Crippen MR) is 174 cm³/mol. The van der Waals surface area contributed by atoms with E-state index in [9.17, 15) is 0 Å². The normalized spacial score (nSPS) is 10.2. The molecule has 0 atom stereocenters. The number of hydrogen-bond donors (Lipinski definition) is 0. The standard InChI is InChI=1S/C30H22.2C4H10/c1-3-25-26(4-2)30(24-19-18-21-12-8-9-15-23(21)20-24)28-17-11-10-16-27(28)29(25)22-13-6-5-7-14-22;2*1-3-4-2/h3-20H,1-2H2;2*3-4H2,1-2H3. The highest BCUT2D eigenvalue weighted by Gasteiger charge is 2.18. The Morgan fingerprint density at radius 2 is 0.921 bits per heavy atom. The van der Waals surface area contributed by atoms with E-state index in [-0.39, 0.29) is 0 Å². The molecule has 0 heterocycles. The lowest BCUT2D eigenvalue weighted by Gasteiger charge is -2.20. The van der Waals surface area contributed by atoms with Gasteiger partial charge in [0.2, 0.25) is 0 Å². The van der Waals surface area contributed by atoms with Gasteiger partial charge in [0.1, 0.15) is 0 Å². The molecule has 0 aliphatic heterocycles. The molecule has 0 bridgehead atoms. The monoisotopic (exact) mass is 498 g/mol. The first kappa shape index (κ1) is 28.7. The molecule has 0 N–H and O–H groups in total. The van der Waals surface area contributed by atoms with Crippen molar-refractivity contribution >= 4 is 33.7 Å². The Bertz CT molecular complexity index is 1460. The molecular weight excluding hydrogens is 456 g/mol. The molecule has 0 saturated carbocycles. The number of rotatable bonds is 6. The third-order valence-corrected chi connectivity index (χ3v) is 6.80. The minimum absolute atomic E-state index is 1.12. The Labute approximate surface area is 230 Å². The first-order chi connectivity index (χ1) is 18.6. The van der Waals surface area contributed by atoms with Crippen molar-refractivity contribution in [1.29, 1.82) is 0 Å². The smallest absolute Gasteiger partial charge is 0.00264 e. The molecule has 0 radical (unpaired) electrons. The minimum Gasteiger partial charge on any atom is -0.0984 e. The Morgan fingerprint density at radius 3 is 1.42 bits per heavy atom. The van der Waals surface area contributed by atoms with E-state index in [4.69, 9.17) is 0 Å². The van der Waals surface area contributed by atoms with Gasteiger partial charge in [0.25, 0.3) is 0 Å². The zero-order chi connectivity index (χ0) is 27.3. The van der Waals surface area contributed by atoms with Crippen molar-refractivity contribution < 1.29 is 0 Å². The SMILES string of the molecule is C=Cc1c(C=C)c(-c2ccc3ccccc3c2)c2ccccc2c1-c1ccccc1.CCCC.CCCC. The van der Waals surface area contributed by atoms with Crippen molar-refractivity contribution in [2.75, 3.05) is 0 Å². The van der Waals surface area contributed by atoms with Crippen LogP contribution >= 0.6 is 0 Å². The fraction of sp³-hybridized carbons (Fsp3) is 0.211. The summed E-state index contributed by atoms with van der Waals surface area (Å²) in [7, 11) is 0. The number of hydrogen-bond acceptors (Lipinski definition) is 0. The van der Waals surface area contributed by atoms with Gasteiger partial charge in [-0.2, -0.15) is 0 Å². The lowest BCUT2D eigenvalue weighted by Crippen LogP contribution is -1.96. The summed E-state index contributed by atoms with van der Waals surface area (Å²) in [5.41, 5.74) is 7.05. The molecule has 0 amide bonds. The Kier molecular flexibility index (Phi) is 11.1. The molecule has 5 aromatic carbocycles. The first-order valence-corrected chi connectivity index (χ1v) is 14.0. The van der Waals surface area contributed by atoms with Crippen LogP contribution in [-0.4, -0.2) is 0 Å². The van der Waals surface area contributed by atoms with Crippen LogP contribution in [0, 0.1) is 0 Å². The molecule has 0 aliphatic carbocycles. The second-order valence-corrected chi connectivity index (χ2v) is 9.46. The second-order valence-electron chi connectivity index (χ2n) is 9.46. The van der Waals surface area contributed by atoms with Crippen LogP contribution in [-0.2, 0) is 0 Å². The molecule has 38 heavy (non-hydrogen) atoms. The van der Waals surface area contributed by atoms with Crippen LogP contribution in [0.15, 0.2) is 110 Å². The van der Waals surface area contributed by atoms with E-state index in [0.717, 1.165) is 11.1 Å². The van der Waals surface area contributed by atoms with Crippen molar-refractivity contribution in [3.63, 3.8) is 0 Å². The lowest BCUT2D eigenvalue weighted by atomic mass is 9.83. The molecule has 0 spiro atoms. The average molecular weight is 499 g/mol. The summed E-state index contributed by atoms with van der Waals surface area (Å²) in [5.74, 6) is 0. The molecular formula is C38H42. The van der Waals surface area contributed by atoms with Crippen LogP contribution in [0.1, 0.15) is 64.5 Å². The van der Waals surface area contributed by atoms with Gasteiger partial charge >= 0.3 is 0 Å². The van der Waals surface area contributed by atoms with E-state index in [2.05, 4.69) is 138 Å². The van der Waals surface area contributed by atoms with Crippen molar-refractivity contribution in [1.82, 2.24) is 0 Å². The first-order valence-electron chi connectivity index (χ1n) is 14.0. The molecule has 0 nitrogen and oxygen atoms in total. The van der Waals surface area contributed by atoms with Gasteiger partial charge in [0.15, 0.2) is 0 Å². The minimum atomic E-state index is 1.12. The van der Waals surface area contributed by atoms with E-state index in [1.165, 1.54) is 69.5 Å². The average Bonchev–Trinajstić information content (AvgIpc) is 3.00. The Morgan fingerprint density at radius 1 is 0.474 bits per heavy atom. The lowest BCUT2D eigenvalue weighted by molar-refractivity contribution is 0.886. The van der Waals surface area contributed by atoms with Crippen molar-refractivity contribution in [3.05, 3.63) is 121 Å². The highest BCUT2D eigenvalue weighted by Crippen LogP contribution is 2.43. The third-order valence-electron chi connectivity index (χ3n) is 6.80. The van der Waals surface area contributed by atoms with Gasteiger partial charge in [-0.15, -0.1) is 0 Å². The molecule has 0 fully saturated rings. The summed E-state index contributed by atoms with van der Waals surface area (Å²) in [5, 5.41) is 4.94. The van der Waals surface area contributed by atoms with Gasteiger partial charge in [-0.05, 0) is 61.0 Å². The largest absolute Gasteiger partial charge is 0.0984 e. The Balaban J connectivity index is 0.000000443. The summed E-state index contributed by atoms with van der Waals surface area (Å²) in [6.07, 6.45) is 9.22. The van der Waals surface area contributed by atoms with E-state index in [1.807, 2.05) is 12.2 Å². The van der Waals surface area contributed by atoms with Gasteiger partial charge in [0.05, 0.1) is 0 Å². The van der Waals surface area contributed by atoms with Crippen LogP contribution in [0.2, 0.25) is 0 Å². The van der Waals surface area contributed by atoms with Gasteiger partial charge < -0.3 is 0 Å². The third kappa shape index (κ3) is 6.50. The van der Waals surface area contributed by atoms with Crippen LogP contribution in [0.5, 0.6) is 0 Å². The maximum Gasteiger partial charge on any atom is -0.00264 e. The fourth-order valence-corrected chi connectivity index (χ4v) is 4.47. The van der Waals surface area contributed by atoms with Crippen LogP contribution in [0.25, 0.3) is 56.0 Å². The quantitative estimate of drug-likeness (QED) is 0.218. The molecule has 0 aromatic heterocycles. The summed E-state index contributed by atoms with van der Waals surface area (Å²) < 4.78 is 0. The van der Waals surface area contributed by atoms with Crippen LogP contribution in [0.3, 0.4) is 0 Å². The topological polar surface area (TPSA) is 0 Å². The van der Waals surface area contributed by atoms with Crippen LogP contribution < -0.4 is 0 Å². The molecule has 194 valence electrons. The molecule has 0 aliphatic rings. The molecule has 5 aromatic rings. The Hall–Kier alpha value is -3.90. The maximum absolute atomic E-state index is 4.18. The van der Waals surface area contributed by atoms with Gasteiger partial charge in [-0.1, -0.05) is 170 Å². The fourth-order valence-electron chi connectivity index (χ4n) is 4.47. The summed E-state index contributed by atoms with van der Waals surface area (Å²) in [6.45, 7) is 17.1. The molecule has 5 rings (SSSR count). The summed E-state index contributed by atoms with van der Waals surface area (Å²) >= 11 is 0. The van der Waals surface area contributed by atoms with E-state index in [1.54, 1.807) is 0 Å². The zero-order valence-electron chi connectivity index (χ0n) is 23.6. The number of benzene rings is 5. The van der Waals surface area contributed by atoms with E-state index in [0.29, 0.717) is 0 Å². The predicted octanol–water partition coefficient (Wildman–Crippen LogP) is 12.2. The second kappa shape index (κ2) is 14.7. The molecule has 0 heteroatoms. The van der Waals surface area contributed by atoms with Gasteiger partial charge in [-0.25, -0.2) is 0 Å². The molecule has 0 saturated heterocycles. The summed E-state index contributed by atoms with van der Waals surface area (Å²) in [4.78, 5) is 0. The molecule has 0 unspecified atom stereocenters. The van der Waals surface area contributed by atoms with E-state index < -0.39 is 0 Å². The van der Waals surface area contributed by atoms with Crippen molar-refractivity contribution in [2.45, 2.75) is 53.4 Å². The summed E-state index contributed by atoms with van der Waals surface area (Å²) in [6, 6.07) is 34.4. The van der Waals surface area contributed by atoms with Gasteiger partial charge in [-0.3, -0.25) is 0 Å². The highest BCUT2D eigenvalue weighted by molar-refractivity contribution is 6.12.